The van der Waals surface area contributed by atoms with Crippen LogP contribution < -0.4 is 4.74 Å². The largest absolute Gasteiger partial charge is 0.496 e. The Morgan fingerprint density at radius 1 is 1.33 bits per heavy atom. The second-order valence-corrected chi connectivity index (χ2v) is 4.08. The number of halogens is 1. The molecule has 6 heteroatoms. The first-order chi connectivity index (χ1) is 8.31. The van der Waals surface area contributed by atoms with Crippen LogP contribution in [0, 0.1) is 11.2 Å². The fourth-order valence-corrected chi connectivity index (χ4v) is 1.51. The van der Waals surface area contributed by atoms with Crippen molar-refractivity contribution in [2.75, 3.05) is 7.11 Å². The second kappa shape index (κ2) is 5.03. The number of carboxylic acid groups (broad SMARTS) is 2. The number of hydrogen-bond donors (Lipinski definition) is 2. The summed E-state index contributed by atoms with van der Waals surface area (Å²) >= 11 is 0. The van der Waals surface area contributed by atoms with E-state index in [1.54, 1.807) is 0 Å². The molecule has 0 aliphatic heterocycles. The van der Waals surface area contributed by atoms with Gasteiger partial charge in [-0.2, -0.15) is 0 Å². The summed E-state index contributed by atoms with van der Waals surface area (Å²) in [5.74, 6) is -3.29. The number of carboxylic acids is 2. The minimum Gasteiger partial charge on any atom is -0.496 e. The van der Waals surface area contributed by atoms with E-state index in [9.17, 15) is 14.0 Å². The number of hydrogen-bond acceptors (Lipinski definition) is 3. The van der Waals surface area contributed by atoms with Gasteiger partial charge in [0, 0.05) is 6.42 Å². The van der Waals surface area contributed by atoms with Gasteiger partial charge in [-0.05, 0) is 30.7 Å². The van der Waals surface area contributed by atoms with Crippen molar-refractivity contribution in [2.24, 2.45) is 5.41 Å². The average Bonchev–Trinajstić information content (AvgIpc) is 2.28. The van der Waals surface area contributed by atoms with Crippen LogP contribution in [0.5, 0.6) is 5.75 Å². The number of methoxy groups -OCH3 is 1. The Bertz CT molecular complexity index is 469. The smallest absolute Gasteiger partial charge is 0.321 e. The molecule has 1 rings (SSSR count). The molecule has 0 bridgehead atoms. The molecule has 2 N–H and O–H groups in total. The normalized spacial score (nSPS) is 11.1. The number of ether oxygens (including phenoxy) is 1. The Kier molecular flexibility index (Phi) is 3.90. The van der Waals surface area contributed by atoms with E-state index in [1.807, 2.05) is 0 Å². The Morgan fingerprint density at radius 3 is 2.33 bits per heavy atom. The van der Waals surface area contributed by atoms with Crippen molar-refractivity contribution in [2.45, 2.75) is 13.3 Å². The minimum atomic E-state index is -2.03. The Balaban J connectivity index is 3.20. The van der Waals surface area contributed by atoms with Crippen molar-refractivity contribution in [3.8, 4) is 5.75 Å². The van der Waals surface area contributed by atoms with Gasteiger partial charge in [-0.1, -0.05) is 0 Å². The van der Waals surface area contributed by atoms with Crippen LogP contribution in [0.25, 0.3) is 0 Å². The number of carbonyl (C=O) groups is 2. The van der Waals surface area contributed by atoms with Gasteiger partial charge in [-0.3, -0.25) is 9.59 Å². The van der Waals surface area contributed by atoms with Gasteiger partial charge in [0.1, 0.15) is 11.6 Å². The molecule has 1 aromatic carbocycles. The van der Waals surface area contributed by atoms with Gasteiger partial charge in [-0.25, -0.2) is 4.39 Å². The highest BCUT2D eigenvalue weighted by Gasteiger charge is 2.42. The van der Waals surface area contributed by atoms with E-state index in [0.29, 0.717) is 0 Å². The third-order valence-electron chi connectivity index (χ3n) is 2.73. The highest BCUT2D eigenvalue weighted by molar-refractivity contribution is 5.98. The fraction of sp³-hybridized carbons (Fsp3) is 0.333. The van der Waals surface area contributed by atoms with Gasteiger partial charge in [-0.15, -0.1) is 0 Å². The molecule has 0 aromatic heterocycles. The Labute approximate surface area is 103 Å². The summed E-state index contributed by atoms with van der Waals surface area (Å²) < 4.78 is 18.1. The highest BCUT2D eigenvalue weighted by atomic mass is 19.1. The van der Waals surface area contributed by atoms with Crippen LogP contribution in [-0.4, -0.2) is 29.3 Å². The zero-order valence-electron chi connectivity index (χ0n) is 9.94. The summed E-state index contributed by atoms with van der Waals surface area (Å²) in [5.41, 5.74) is -1.83. The van der Waals surface area contributed by atoms with E-state index in [1.165, 1.54) is 13.2 Å². The Hall–Kier alpha value is -2.11. The van der Waals surface area contributed by atoms with Crippen LogP contribution >= 0.6 is 0 Å². The molecule has 0 aliphatic rings. The van der Waals surface area contributed by atoms with Crippen molar-refractivity contribution in [3.05, 3.63) is 29.6 Å². The van der Waals surface area contributed by atoms with Gasteiger partial charge in [0.05, 0.1) is 7.11 Å². The quantitative estimate of drug-likeness (QED) is 0.781. The minimum absolute atomic E-state index is 0.199. The van der Waals surface area contributed by atoms with Crippen molar-refractivity contribution >= 4 is 11.9 Å². The number of benzene rings is 1. The SMILES string of the molecule is COc1ccc(F)cc1CC(C)(C(=O)O)C(=O)O. The van der Waals surface area contributed by atoms with E-state index < -0.39 is 23.2 Å². The van der Waals surface area contributed by atoms with Crippen LogP contribution in [0.2, 0.25) is 0 Å². The maximum Gasteiger partial charge on any atom is 0.321 e. The summed E-state index contributed by atoms with van der Waals surface area (Å²) in [6, 6.07) is 3.55. The maximum atomic E-state index is 13.1. The van der Waals surface area contributed by atoms with E-state index in [-0.39, 0.29) is 17.7 Å². The van der Waals surface area contributed by atoms with E-state index >= 15 is 0 Å². The molecule has 0 fully saturated rings. The summed E-state index contributed by atoms with van der Waals surface area (Å²) in [6.45, 7) is 1.07. The topological polar surface area (TPSA) is 83.8 Å². The molecule has 0 saturated heterocycles. The lowest BCUT2D eigenvalue weighted by Gasteiger charge is -2.20. The van der Waals surface area contributed by atoms with Crippen LogP contribution in [0.3, 0.4) is 0 Å². The van der Waals surface area contributed by atoms with E-state index in [4.69, 9.17) is 14.9 Å². The van der Waals surface area contributed by atoms with Crippen molar-refractivity contribution in [1.82, 2.24) is 0 Å². The predicted octanol–water partition coefficient (Wildman–Crippen LogP) is 1.55. The van der Waals surface area contributed by atoms with Crippen molar-refractivity contribution in [3.63, 3.8) is 0 Å². The van der Waals surface area contributed by atoms with Gasteiger partial charge in [0.2, 0.25) is 0 Å². The standard InChI is InChI=1S/C12H13FO5/c1-12(10(14)15,11(16)17)6-7-5-8(13)3-4-9(7)18-2/h3-5H,6H2,1-2H3,(H,14,15)(H,16,17). The molecule has 0 unspecified atom stereocenters. The molecule has 0 heterocycles. The molecule has 98 valence electrons. The molecule has 0 radical (unpaired) electrons. The molecule has 0 saturated carbocycles. The molecule has 0 amide bonds. The first-order valence-corrected chi connectivity index (χ1v) is 5.10. The third kappa shape index (κ3) is 2.58. The molecule has 5 nitrogen and oxygen atoms in total. The summed E-state index contributed by atoms with van der Waals surface area (Å²) in [4.78, 5) is 22.1. The van der Waals surface area contributed by atoms with Crippen LogP contribution in [0.4, 0.5) is 4.39 Å². The zero-order chi connectivity index (χ0) is 13.9. The molecular weight excluding hydrogens is 243 g/mol. The summed E-state index contributed by atoms with van der Waals surface area (Å²) in [5, 5.41) is 18.0. The number of rotatable bonds is 5. The lowest BCUT2D eigenvalue weighted by atomic mass is 9.83. The lowest BCUT2D eigenvalue weighted by molar-refractivity contribution is -0.163. The van der Waals surface area contributed by atoms with Crippen LogP contribution in [-0.2, 0) is 16.0 Å². The molecule has 1 aromatic rings. The first-order valence-electron chi connectivity index (χ1n) is 5.10. The van der Waals surface area contributed by atoms with Gasteiger partial charge >= 0.3 is 11.9 Å². The summed E-state index contributed by atoms with van der Waals surface area (Å²) in [7, 11) is 1.34. The average molecular weight is 256 g/mol. The second-order valence-electron chi connectivity index (χ2n) is 4.08. The third-order valence-corrected chi connectivity index (χ3v) is 2.73. The van der Waals surface area contributed by atoms with E-state index in [2.05, 4.69) is 0 Å². The zero-order valence-corrected chi connectivity index (χ0v) is 9.94. The van der Waals surface area contributed by atoms with Crippen molar-refractivity contribution in [1.29, 1.82) is 0 Å². The Morgan fingerprint density at radius 2 is 1.89 bits per heavy atom. The molecular formula is C12H13FO5. The molecule has 0 aliphatic carbocycles. The van der Waals surface area contributed by atoms with Gasteiger partial charge in [0.25, 0.3) is 0 Å². The van der Waals surface area contributed by atoms with Crippen LogP contribution in [0.1, 0.15) is 12.5 Å². The molecule has 18 heavy (non-hydrogen) atoms. The number of aliphatic carboxylic acids is 2. The van der Waals surface area contributed by atoms with Crippen molar-refractivity contribution < 1.29 is 28.9 Å². The van der Waals surface area contributed by atoms with Crippen LogP contribution in [0.15, 0.2) is 18.2 Å². The fourth-order valence-electron chi connectivity index (χ4n) is 1.51. The first kappa shape index (κ1) is 14.0. The molecule has 0 spiro atoms. The highest BCUT2D eigenvalue weighted by Crippen LogP contribution is 2.29. The van der Waals surface area contributed by atoms with E-state index in [0.717, 1.165) is 19.1 Å². The predicted molar refractivity (Wildman–Crippen MR) is 60.0 cm³/mol. The maximum absolute atomic E-state index is 13.1. The van der Waals surface area contributed by atoms with Gasteiger partial charge < -0.3 is 14.9 Å². The summed E-state index contributed by atoms with van der Waals surface area (Å²) in [6.07, 6.45) is -0.363. The van der Waals surface area contributed by atoms with Gasteiger partial charge in [0.15, 0.2) is 5.41 Å². The molecule has 0 atom stereocenters. The monoisotopic (exact) mass is 256 g/mol. The lowest BCUT2D eigenvalue weighted by Crippen LogP contribution is -2.38.